The van der Waals surface area contributed by atoms with E-state index in [4.69, 9.17) is 4.74 Å². The first kappa shape index (κ1) is 9.81. The lowest BCUT2D eigenvalue weighted by atomic mass is 10.2. The third-order valence-electron chi connectivity index (χ3n) is 2.98. The van der Waals surface area contributed by atoms with E-state index in [0.29, 0.717) is 6.10 Å². The highest BCUT2D eigenvalue weighted by Gasteiger charge is 2.25. The SMILES string of the molecule is CC1OCCC1SC[C@@H]1CCCN1. The van der Waals surface area contributed by atoms with Crippen molar-refractivity contribution in [1.82, 2.24) is 5.32 Å². The van der Waals surface area contributed by atoms with Crippen LogP contribution in [0.5, 0.6) is 0 Å². The lowest BCUT2D eigenvalue weighted by Gasteiger charge is -2.16. The highest BCUT2D eigenvalue weighted by molar-refractivity contribution is 8.00. The molecule has 76 valence electrons. The van der Waals surface area contributed by atoms with Gasteiger partial charge in [0.25, 0.3) is 0 Å². The molecule has 2 saturated heterocycles. The summed E-state index contributed by atoms with van der Waals surface area (Å²) < 4.78 is 5.54. The van der Waals surface area contributed by atoms with Crippen LogP contribution in [0.4, 0.5) is 0 Å². The van der Waals surface area contributed by atoms with Crippen molar-refractivity contribution in [2.24, 2.45) is 0 Å². The average Bonchev–Trinajstić information content (AvgIpc) is 2.72. The minimum absolute atomic E-state index is 0.478. The number of thioether (sulfide) groups is 1. The highest BCUT2D eigenvalue weighted by atomic mass is 32.2. The van der Waals surface area contributed by atoms with Gasteiger partial charge in [-0.2, -0.15) is 11.8 Å². The van der Waals surface area contributed by atoms with Gasteiger partial charge in [0.15, 0.2) is 0 Å². The molecular weight excluding hydrogens is 182 g/mol. The van der Waals surface area contributed by atoms with Gasteiger partial charge in [0.05, 0.1) is 6.10 Å². The summed E-state index contributed by atoms with van der Waals surface area (Å²) in [5.41, 5.74) is 0. The number of ether oxygens (including phenoxy) is 1. The second-order valence-corrected chi connectivity index (χ2v) is 5.30. The van der Waals surface area contributed by atoms with Crippen molar-refractivity contribution < 1.29 is 4.74 Å². The fourth-order valence-corrected chi connectivity index (χ4v) is 3.45. The molecule has 0 amide bonds. The summed E-state index contributed by atoms with van der Waals surface area (Å²) in [6, 6.07) is 0.776. The van der Waals surface area contributed by atoms with Crippen LogP contribution >= 0.6 is 11.8 Å². The van der Waals surface area contributed by atoms with E-state index in [1.807, 2.05) is 0 Å². The van der Waals surface area contributed by atoms with E-state index in [1.165, 1.54) is 31.6 Å². The maximum atomic E-state index is 5.54. The molecular formula is C10H19NOS. The molecule has 2 aliphatic heterocycles. The predicted octanol–water partition coefficient (Wildman–Crippen LogP) is 1.65. The van der Waals surface area contributed by atoms with Gasteiger partial charge in [-0.3, -0.25) is 0 Å². The maximum absolute atomic E-state index is 5.54. The van der Waals surface area contributed by atoms with Gasteiger partial charge < -0.3 is 10.1 Å². The Bertz CT molecular complexity index is 159. The van der Waals surface area contributed by atoms with Gasteiger partial charge in [-0.05, 0) is 32.7 Å². The van der Waals surface area contributed by atoms with Crippen molar-refractivity contribution in [3.05, 3.63) is 0 Å². The summed E-state index contributed by atoms with van der Waals surface area (Å²) in [5, 5.41) is 4.29. The van der Waals surface area contributed by atoms with Gasteiger partial charge in [-0.1, -0.05) is 0 Å². The molecule has 0 aromatic heterocycles. The Morgan fingerprint density at radius 1 is 1.46 bits per heavy atom. The first-order chi connectivity index (χ1) is 6.36. The molecule has 0 aromatic rings. The first-order valence-corrected chi connectivity index (χ1v) is 6.38. The second kappa shape index (κ2) is 4.67. The summed E-state index contributed by atoms with van der Waals surface area (Å²) in [4.78, 5) is 0. The Morgan fingerprint density at radius 2 is 2.38 bits per heavy atom. The van der Waals surface area contributed by atoms with Gasteiger partial charge >= 0.3 is 0 Å². The van der Waals surface area contributed by atoms with E-state index in [-0.39, 0.29) is 0 Å². The van der Waals surface area contributed by atoms with Crippen molar-refractivity contribution in [3.63, 3.8) is 0 Å². The van der Waals surface area contributed by atoms with E-state index in [0.717, 1.165) is 17.9 Å². The summed E-state index contributed by atoms with van der Waals surface area (Å²) in [6.07, 6.45) is 4.46. The van der Waals surface area contributed by atoms with Gasteiger partial charge in [-0.15, -0.1) is 0 Å². The van der Waals surface area contributed by atoms with Crippen LogP contribution in [0, 0.1) is 0 Å². The smallest absolute Gasteiger partial charge is 0.0666 e. The summed E-state index contributed by atoms with van der Waals surface area (Å²) in [7, 11) is 0. The maximum Gasteiger partial charge on any atom is 0.0666 e. The van der Waals surface area contributed by atoms with E-state index in [2.05, 4.69) is 24.0 Å². The summed E-state index contributed by atoms with van der Waals surface area (Å²) in [5.74, 6) is 1.28. The topological polar surface area (TPSA) is 21.3 Å². The fourth-order valence-electron chi connectivity index (χ4n) is 2.07. The van der Waals surface area contributed by atoms with Crippen LogP contribution in [-0.4, -0.2) is 36.3 Å². The van der Waals surface area contributed by atoms with Gasteiger partial charge in [-0.25, -0.2) is 0 Å². The minimum Gasteiger partial charge on any atom is -0.377 e. The van der Waals surface area contributed by atoms with Gasteiger partial charge in [0.2, 0.25) is 0 Å². The molecule has 2 rings (SSSR count). The third-order valence-corrected chi connectivity index (χ3v) is 4.62. The van der Waals surface area contributed by atoms with Crippen molar-refractivity contribution in [2.45, 2.75) is 43.6 Å². The Kier molecular flexibility index (Phi) is 3.52. The van der Waals surface area contributed by atoms with Crippen molar-refractivity contribution in [2.75, 3.05) is 18.9 Å². The van der Waals surface area contributed by atoms with Crippen LogP contribution < -0.4 is 5.32 Å². The zero-order valence-electron chi connectivity index (χ0n) is 8.29. The molecule has 3 atom stereocenters. The predicted molar refractivity (Wildman–Crippen MR) is 57.3 cm³/mol. The zero-order valence-corrected chi connectivity index (χ0v) is 9.11. The second-order valence-electron chi connectivity index (χ2n) is 4.03. The number of hydrogen-bond acceptors (Lipinski definition) is 3. The number of hydrogen-bond donors (Lipinski definition) is 1. The molecule has 0 spiro atoms. The Hall–Kier alpha value is 0.270. The Morgan fingerprint density at radius 3 is 3.00 bits per heavy atom. The molecule has 0 bridgehead atoms. The standard InChI is InChI=1S/C10H19NOS/c1-8-10(4-6-12-8)13-7-9-3-2-5-11-9/h8-11H,2-7H2,1H3/t8?,9-,10?/m0/s1. The molecule has 2 aliphatic rings. The molecule has 0 aliphatic carbocycles. The molecule has 2 fully saturated rings. The molecule has 0 aromatic carbocycles. The normalized spacial score (nSPS) is 39.9. The Labute approximate surface area is 84.8 Å². The van der Waals surface area contributed by atoms with Crippen LogP contribution in [-0.2, 0) is 4.74 Å². The number of nitrogens with one attached hydrogen (secondary N) is 1. The summed E-state index contributed by atoms with van der Waals surface area (Å²) in [6.45, 7) is 4.39. The monoisotopic (exact) mass is 201 g/mol. The van der Waals surface area contributed by atoms with Crippen molar-refractivity contribution in [3.8, 4) is 0 Å². The van der Waals surface area contributed by atoms with Crippen molar-refractivity contribution in [1.29, 1.82) is 0 Å². The lowest BCUT2D eigenvalue weighted by molar-refractivity contribution is 0.127. The molecule has 1 N–H and O–H groups in total. The van der Waals surface area contributed by atoms with E-state index < -0.39 is 0 Å². The van der Waals surface area contributed by atoms with Crippen LogP contribution in [0.15, 0.2) is 0 Å². The first-order valence-electron chi connectivity index (χ1n) is 5.33. The van der Waals surface area contributed by atoms with Crippen LogP contribution in [0.1, 0.15) is 26.2 Å². The minimum atomic E-state index is 0.478. The largest absolute Gasteiger partial charge is 0.377 e. The van der Waals surface area contributed by atoms with E-state index in [1.54, 1.807) is 0 Å². The van der Waals surface area contributed by atoms with Gasteiger partial charge in [0, 0.05) is 23.7 Å². The molecule has 13 heavy (non-hydrogen) atoms. The summed E-state index contributed by atoms with van der Waals surface area (Å²) >= 11 is 2.10. The molecule has 2 heterocycles. The lowest BCUT2D eigenvalue weighted by Crippen LogP contribution is -2.26. The molecule has 3 heteroatoms. The van der Waals surface area contributed by atoms with E-state index >= 15 is 0 Å². The molecule has 2 nitrogen and oxygen atoms in total. The Balaban J connectivity index is 1.66. The highest BCUT2D eigenvalue weighted by Crippen LogP contribution is 2.27. The van der Waals surface area contributed by atoms with Gasteiger partial charge in [0.1, 0.15) is 0 Å². The van der Waals surface area contributed by atoms with Crippen molar-refractivity contribution >= 4 is 11.8 Å². The molecule has 2 unspecified atom stereocenters. The quantitative estimate of drug-likeness (QED) is 0.750. The zero-order chi connectivity index (χ0) is 9.10. The van der Waals surface area contributed by atoms with Crippen LogP contribution in [0.25, 0.3) is 0 Å². The van der Waals surface area contributed by atoms with Crippen LogP contribution in [0.2, 0.25) is 0 Å². The third kappa shape index (κ3) is 2.61. The average molecular weight is 201 g/mol. The van der Waals surface area contributed by atoms with E-state index in [9.17, 15) is 0 Å². The number of rotatable bonds is 3. The molecule has 0 radical (unpaired) electrons. The molecule has 0 saturated carbocycles. The van der Waals surface area contributed by atoms with Crippen LogP contribution in [0.3, 0.4) is 0 Å². The fraction of sp³-hybridized carbons (Fsp3) is 1.00.